The smallest absolute Gasteiger partial charge is 0.140 e. The zero-order valence-electron chi connectivity index (χ0n) is 9.29. The van der Waals surface area contributed by atoms with E-state index in [-0.39, 0.29) is 5.75 Å². The number of nitrogens with one attached hydrogen (secondary N) is 1. The number of unbranched alkanes of at least 4 members (excludes halogenated alkanes) is 3. The van der Waals surface area contributed by atoms with Crippen LogP contribution in [0.15, 0.2) is 18.2 Å². The lowest BCUT2D eigenvalue weighted by Gasteiger charge is -2.06. The number of aryl methyl sites for hydroxylation is 1. The van der Waals surface area contributed by atoms with Gasteiger partial charge < -0.3 is 10.5 Å². The highest BCUT2D eigenvalue weighted by Crippen LogP contribution is 2.23. The first-order valence-electron chi connectivity index (χ1n) is 5.56. The summed E-state index contributed by atoms with van der Waals surface area (Å²) in [4.78, 5) is 0. The van der Waals surface area contributed by atoms with E-state index in [2.05, 4.69) is 12.3 Å². The summed E-state index contributed by atoms with van der Waals surface area (Å²) in [5.74, 6) is 5.46. The molecule has 15 heavy (non-hydrogen) atoms. The van der Waals surface area contributed by atoms with Crippen LogP contribution in [0.4, 0.5) is 5.69 Å². The Morgan fingerprint density at radius 3 is 2.67 bits per heavy atom. The maximum Gasteiger partial charge on any atom is 0.140 e. The quantitative estimate of drug-likeness (QED) is 0.291. The van der Waals surface area contributed by atoms with Crippen molar-refractivity contribution in [2.45, 2.75) is 39.0 Å². The van der Waals surface area contributed by atoms with Crippen LogP contribution in [0.25, 0.3) is 0 Å². The maximum atomic E-state index is 9.55. The highest BCUT2D eigenvalue weighted by atomic mass is 16.3. The van der Waals surface area contributed by atoms with Gasteiger partial charge in [0, 0.05) is 0 Å². The molecule has 84 valence electrons. The van der Waals surface area contributed by atoms with Gasteiger partial charge in [-0.25, -0.2) is 0 Å². The predicted octanol–water partition coefficient (Wildman–Crippen LogP) is 2.80. The van der Waals surface area contributed by atoms with Crippen LogP contribution in [-0.2, 0) is 6.42 Å². The van der Waals surface area contributed by atoms with Gasteiger partial charge in [0.15, 0.2) is 0 Å². The Morgan fingerprint density at radius 1 is 1.27 bits per heavy atom. The van der Waals surface area contributed by atoms with E-state index in [4.69, 9.17) is 5.84 Å². The summed E-state index contributed by atoms with van der Waals surface area (Å²) in [5.41, 5.74) is 4.19. The average molecular weight is 208 g/mol. The van der Waals surface area contributed by atoms with Crippen molar-refractivity contribution in [1.29, 1.82) is 0 Å². The van der Waals surface area contributed by atoms with Crippen molar-refractivity contribution >= 4 is 5.69 Å². The number of nitrogen functional groups attached to an aromatic ring is 1. The van der Waals surface area contributed by atoms with Crippen LogP contribution in [0.2, 0.25) is 0 Å². The third-order valence-corrected chi connectivity index (χ3v) is 2.54. The van der Waals surface area contributed by atoms with E-state index in [0.29, 0.717) is 5.69 Å². The third kappa shape index (κ3) is 3.80. The summed E-state index contributed by atoms with van der Waals surface area (Å²) in [6, 6.07) is 5.59. The standard InChI is InChI=1S/C12H20N2O/c1-2-3-4-5-6-10-7-8-11(14-13)12(15)9-10/h7-9,14-15H,2-6,13H2,1H3. The van der Waals surface area contributed by atoms with Crippen LogP contribution < -0.4 is 11.3 Å². The Bertz CT molecular complexity index is 300. The molecule has 0 amide bonds. The fourth-order valence-corrected chi connectivity index (χ4v) is 1.61. The van der Waals surface area contributed by atoms with Crippen molar-refractivity contribution in [1.82, 2.24) is 0 Å². The molecule has 0 aliphatic rings. The van der Waals surface area contributed by atoms with Gasteiger partial charge in [0.2, 0.25) is 0 Å². The molecule has 1 rings (SSSR count). The monoisotopic (exact) mass is 208 g/mol. The van der Waals surface area contributed by atoms with Crippen LogP contribution in [0, 0.1) is 0 Å². The van der Waals surface area contributed by atoms with Crippen LogP contribution >= 0.6 is 0 Å². The van der Waals surface area contributed by atoms with Crippen molar-refractivity contribution in [3.63, 3.8) is 0 Å². The molecule has 4 N–H and O–H groups in total. The number of benzene rings is 1. The SMILES string of the molecule is CCCCCCc1ccc(NN)c(O)c1. The van der Waals surface area contributed by atoms with Crippen molar-refractivity contribution < 1.29 is 5.11 Å². The lowest BCUT2D eigenvalue weighted by molar-refractivity contribution is 0.476. The average Bonchev–Trinajstić information content (AvgIpc) is 2.25. The van der Waals surface area contributed by atoms with Gasteiger partial charge in [-0.2, -0.15) is 0 Å². The van der Waals surface area contributed by atoms with Crippen molar-refractivity contribution in [2.24, 2.45) is 5.84 Å². The first kappa shape index (κ1) is 11.9. The molecule has 0 unspecified atom stereocenters. The second kappa shape index (κ2) is 6.30. The summed E-state index contributed by atoms with van der Waals surface area (Å²) in [6.45, 7) is 2.20. The van der Waals surface area contributed by atoms with Gasteiger partial charge in [-0.1, -0.05) is 32.3 Å². The van der Waals surface area contributed by atoms with Gasteiger partial charge in [0.25, 0.3) is 0 Å². The highest BCUT2D eigenvalue weighted by molar-refractivity contribution is 5.55. The molecule has 0 heterocycles. The van der Waals surface area contributed by atoms with E-state index in [9.17, 15) is 5.11 Å². The highest BCUT2D eigenvalue weighted by Gasteiger charge is 2.00. The fraction of sp³-hybridized carbons (Fsp3) is 0.500. The molecule has 0 saturated heterocycles. The molecule has 0 radical (unpaired) electrons. The van der Waals surface area contributed by atoms with E-state index in [1.165, 1.54) is 31.2 Å². The maximum absolute atomic E-state index is 9.55. The number of nitrogens with two attached hydrogens (primary N) is 1. The molecular weight excluding hydrogens is 188 g/mol. The minimum Gasteiger partial charge on any atom is -0.506 e. The fourth-order valence-electron chi connectivity index (χ4n) is 1.61. The molecule has 1 aromatic carbocycles. The van der Waals surface area contributed by atoms with E-state index >= 15 is 0 Å². The minimum atomic E-state index is 0.227. The Kier molecular flexibility index (Phi) is 4.98. The van der Waals surface area contributed by atoms with Crippen LogP contribution in [0.1, 0.15) is 38.2 Å². The number of hydrogen-bond acceptors (Lipinski definition) is 3. The lowest BCUT2D eigenvalue weighted by atomic mass is 10.1. The molecule has 0 spiro atoms. The third-order valence-electron chi connectivity index (χ3n) is 2.54. The van der Waals surface area contributed by atoms with E-state index < -0.39 is 0 Å². The second-order valence-corrected chi connectivity index (χ2v) is 3.81. The number of phenolic OH excluding ortho intramolecular Hbond substituents is 1. The number of hydrogen-bond donors (Lipinski definition) is 3. The molecule has 3 nitrogen and oxygen atoms in total. The summed E-state index contributed by atoms with van der Waals surface area (Å²) >= 11 is 0. The molecule has 0 fully saturated rings. The Labute approximate surface area is 91.3 Å². The first-order chi connectivity index (χ1) is 7.27. The van der Waals surface area contributed by atoms with Crippen molar-refractivity contribution in [3.8, 4) is 5.75 Å². The minimum absolute atomic E-state index is 0.227. The topological polar surface area (TPSA) is 58.3 Å². The Balaban J connectivity index is 2.45. The normalized spacial score (nSPS) is 10.3. The zero-order chi connectivity index (χ0) is 11.1. The molecule has 0 aliphatic heterocycles. The van der Waals surface area contributed by atoms with Crippen LogP contribution in [0.3, 0.4) is 0 Å². The Hall–Kier alpha value is -1.22. The van der Waals surface area contributed by atoms with Gasteiger partial charge >= 0.3 is 0 Å². The number of aromatic hydroxyl groups is 1. The zero-order valence-corrected chi connectivity index (χ0v) is 9.29. The number of rotatable bonds is 6. The summed E-state index contributed by atoms with van der Waals surface area (Å²) < 4.78 is 0. The lowest BCUT2D eigenvalue weighted by Crippen LogP contribution is -2.06. The molecule has 0 saturated carbocycles. The first-order valence-corrected chi connectivity index (χ1v) is 5.56. The molecule has 0 atom stereocenters. The molecule has 0 aliphatic carbocycles. The summed E-state index contributed by atoms with van der Waals surface area (Å²) in [7, 11) is 0. The Morgan fingerprint density at radius 2 is 2.07 bits per heavy atom. The van der Waals surface area contributed by atoms with Gasteiger partial charge in [-0.3, -0.25) is 5.84 Å². The van der Waals surface area contributed by atoms with Gasteiger partial charge in [-0.05, 0) is 30.5 Å². The summed E-state index contributed by atoms with van der Waals surface area (Å²) in [6.07, 6.45) is 6.00. The molecule has 1 aromatic rings. The van der Waals surface area contributed by atoms with Gasteiger partial charge in [0.1, 0.15) is 5.75 Å². The number of hydrazine groups is 1. The molecule has 3 heteroatoms. The largest absolute Gasteiger partial charge is 0.506 e. The predicted molar refractivity (Wildman–Crippen MR) is 63.8 cm³/mol. The van der Waals surface area contributed by atoms with E-state index in [1.807, 2.05) is 12.1 Å². The molecule has 0 aromatic heterocycles. The summed E-state index contributed by atoms with van der Waals surface area (Å²) in [5, 5.41) is 9.55. The van der Waals surface area contributed by atoms with Crippen LogP contribution in [-0.4, -0.2) is 5.11 Å². The second-order valence-electron chi connectivity index (χ2n) is 3.81. The number of anilines is 1. The van der Waals surface area contributed by atoms with Crippen molar-refractivity contribution in [2.75, 3.05) is 5.43 Å². The van der Waals surface area contributed by atoms with Crippen molar-refractivity contribution in [3.05, 3.63) is 23.8 Å². The number of phenols is 1. The molecular formula is C12H20N2O. The van der Waals surface area contributed by atoms with E-state index in [0.717, 1.165) is 6.42 Å². The van der Waals surface area contributed by atoms with E-state index in [1.54, 1.807) is 6.07 Å². The van der Waals surface area contributed by atoms with Gasteiger partial charge in [-0.15, -0.1) is 0 Å². The van der Waals surface area contributed by atoms with Gasteiger partial charge in [0.05, 0.1) is 5.69 Å². The van der Waals surface area contributed by atoms with Crippen LogP contribution in [0.5, 0.6) is 5.75 Å². The molecule has 0 bridgehead atoms.